The molecule has 1 aromatic carbocycles. The van der Waals surface area contributed by atoms with Gasteiger partial charge in [-0.05, 0) is 31.4 Å². The number of nitrogens with zero attached hydrogens (tertiary/aromatic N) is 1. The highest BCUT2D eigenvalue weighted by Crippen LogP contribution is 2.30. The van der Waals surface area contributed by atoms with Crippen LogP contribution in [0, 0.1) is 12.7 Å². The Kier molecular flexibility index (Phi) is 3.79. The molecule has 1 heterocycles. The smallest absolute Gasteiger partial charge is 0.253 e. The molecule has 1 saturated heterocycles. The number of halogens is 1. The fourth-order valence-corrected chi connectivity index (χ4v) is 2.71. The molecule has 0 radical (unpaired) electrons. The van der Waals surface area contributed by atoms with Crippen LogP contribution in [0.5, 0.6) is 0 Å². The molecule has 0 aromatic heterocycles. The van der Waals surface area contributed by atoms with Crippen molar-refractivity contribution < 1.29 is 14.0 Å². The minimum Gasteiger partial charge on any atom is -0.340 e. The SMILES string of the molecule is CCC1(CC)NC(=O)CN(c2c(C)cccc2F)C1=O. The van der Waals surface area contributed by atoms with Crippen LogP contribution in [0.4, 0.5) is 10.1 Å². The Balaban J connectivity index is 2.51. The molecule has 0 atom stereocenters. The van der Waals surface area contributed by atoms with E-state index in [2.05, 4.69) is 5.32 Å². The summed E-state index contributed by atoms with van der Waals surface area (Å²) < 4.78 is 14.1. The minimum atomic E-state index is -0.927. The molecule has 1 aromatic rings. The molecule has 1 N–H and O–H groups in total. The number of hydrogen-bond donors (Lipinski definition) is 1. The van der Waals surface area contributed by atoms with Crippen LogP contribution >= 0.6 is 0 Å². The zero-order chi connectivity index (χ0) is 14.9. The van der Waals surface area contributed by atoms with Crippen molar-refractivity contribution in [2.45, 2.75) is 39.2 Å². The van der Waals surface area contributed by atoms with Gasteiger partial charge in [0.2, 0.25) is 5.91 Å². The van der Waals surface area contributed by atoms with Gasteiger partial charge in [0.05, 0.1) is 5.69 Å². The standard InChI is InChI=1S/C15H19FN2O2/c1-4-15(5-2)14(20)18(9-12(19)17-15)13-10(3)7-6-8-11(13)16/h6-8H,4-5,9H2,1-3H3,(H,17,19). The third kappa shape index (κ3) is 2.17. The highest BCUT2D eigenvalue weighted by atomic mass is 19.1. The quantitative estimate of drug-likeness (QED) is 0.921. The van der Waals surface area contributed by atoms with Crippen molar-refractivity contribution in [3.05, 3.63) is 29.6 Å². The molecule has 5 heteroatoms. The first kappa shape index (κ1) is 14.5. The number of benzene rings is 1. The number of piperazine rings is 1. The van der Waals surface area contributed by atoms with E-state index in [0.29, 0.717) is 18.4 Å². The normalized spacial score (nSPS) is 18.1. The van der Waals surface area contributed by atoms with E-state index in [4.69, 9.17) is 0 Å². The van der Waals surface area contributed by atoms with Crippen LogP contribution in [0.15, 0.2) is 18.2 Å². The second-order valence-electron chi connectivity index (χ2n) is 5.13. The molecule has 1 aliphatic rings. The second-order valence-corrected chi connectivity index (χ2v) is 5.13. The number of carbonyl (C=O) groups excluding carboxylic acids is 2. The van der Waals surface area contributed by atoms with Crippen molar-refractivity contribution in [1.29, 1.82) is 0 Å². The predicted molar refractivity (Wildman–Crippen MR) is 74.9 cm³/mol. The Morgan fingerprint density at radius 3 is 2.50 bits per heavy atom. The van der Waals surface area contributed by atoms with Gasteiger partial charge in [-0.2, -0.15) is 0 Å². The molecule has 1 aliphatic heterocycles. The summed E-state index contributed by atoms with van der Waals surface area (Å²) in [5.74, 6) is -0.972. The lowest BCUT2D eigenvalue weighted by Gasteiger charge is -2.41. The molecule has 0 spiro atoms. The van der Waals surface area contributed by atoms with E-state index in [-0.39, 0.29) is 24.0 Å². The Labute approximate surface area is 118 Å². The summed E-state index contributed by atoms with van der Waals surface area (Å²) in [4.78, 5) is 25.9. The summed E-state index contributed by atoms with van der Waals surface area (Å²) in [6.07, 6.45) is 0.968. The van der Waals surface area contributed by atoms with Crippen molar-refractivity contribution >= 4 is 17.5 Å². The van der Waals surface area contributed by atoms with Gasteiger partial charge in [0, 0.05) is 0 Å². The summed E-state index contributed by atoms with van der Waals surface area (Å²) in [5.41, 5.74) is -0.0721. The molecular weight excluding hydrogens is 259 g/mol. The Morgan fingerprint density at radius 2 is 1.95 bits per heavy atom. The summed E-state index contributed by atoms with van der Waals surface area (Å²) >= 11 is 0. The molecule has 108 valence electrons. The average Bonchev–Trinajstić information content (AvgIpc) is 2.42. The minimum absolute atomic E-state index is 0.137. The van der Waals surface area contributed by atoms with E-state index in [0.717, 1.165) is 0 Å². The lowest BCUT2D eigenvalue weighted by Crippen LogP contribution is -2.66. The number of aryl methyl sites for hydroxylation is 1. The first-order chi connectivity index (χ1) is 9.45. The van der Waals surface area contributed by atoms with E-state index in [9.17, 15) is 14.0 Å². The first-order valence-corrected chi connectivity index (χ1v) is 6.83. The van der Waals surface area contributed by atoms with Crippen molar-refractivity contribution in [1.82, 2.24) is 5.32 Å². The largest absolute Gasteiger partial charge is 0.340 e. The Bertz CT molecular complexity index is 533. The predicted octanol–water partition coefficient (Wildman–Crippen LogP) is 2.16. The topological polar surface area (TPSA) is 49.4 Å². The molecule has 2 rings (SSSR count). The fraction of sp³-hybridized carbons (Fsp3) is 0.467. The summed E-state index contributed by atoms with van der Waals surface area (Å²) in [7, 11) is 0. The van der Waals surface area contributed by atoms with E-state index >= 15 is 0 Å². The average molecular weight is 278 g/mol. The maximum absolute atomic E-state index is 14.1. The van der Waals surface area contributed by atoms with Crippen LogP contribution in [-0.4, -0.2) is 23.9 Å². The number of para-hydroxylation sites is 1. The van der Waals surface area contributed by atoms with Gasteiger partial charge in [-0.3, -0.25) is 14.5 Å². The number of hydrogen-bond acceptors (Lipinski definition) is 2. The van der Waals surface area contributed by atoms with Gasteiger partial charge in [0.15, 0.2) is 0 Å². The third-order valence-corrected chi connectivity index (χ3v) is 4.00. The van der Waals surface area contributed by atoms with E-state index in [1.165, 1.54) is 11.0 Å². The van der Waals surface area contributed by atoms with Crippen LogP contribution in [0.3, 0.4) is 0 Å². The fourth-order valence-electron chi connectivity index (χ4n) is 2.71. The Morgan fingerprint density at radius 1 is 1.30 bits per heavy atom. The second kappa shape index (κ2) is 5.23. The van der Waals surface area contributed by atoms with Gasteiger partial charge in [0.1, 0.15) is 17.9 Å². The van der Waals surface area contributed by atoms with E-state index in [1.54, 1.807) is 19.1 Å². The molecule has 20 heavy (non-hydrogen) atoms. The van der Waals surface area contributed by atoms with Gasteiger partial charge in [-0.25, -0.2) is 4.39 Å². The van der Waals surface area contributed by atoms with Gasteiger partial charge in [-0.1, -0.05) is 26.0 Å². The number of nitrogens with one attached hydrogen (secondary N) is 1. The molecule has 2 amide bonds. The lowest BCUT2D eigenvalue weighted by molar-refractivity contribution is -0.136. The molecule has 0 aliphatic carbocycles. The zero-order valence-electron chi connectivity index (χ0n) is 12.0. The van der Waals surface area contributed by atoms with E-state index < -0.39 is 11.4 Å². The molecule has 0 bridgehead atoms. The first-order valence-electron chi connectivity index (χ1n) is 6.83. The van der Waals surface area contributed by atoms with Crippen LogP contribution in [-0.2, 0) is 9.59 Å². The van der Waals surface area contributed by atoms with Gasteiger partial charge < -0.3 is 5.32 Å². The molecule has 0 saturated carbocycles. The molecule has 4 nitrogen and oxygen atoms in total. The van der Waals surface area contributed by atoms with Gasteiger partial charge in [-0.15, -0.1) is 0 Å². The van der Waals surface area contributed by atoms with Crippen LogP contribution in [0.25, 0.3) is 0 Å². The van der Waals surface area contributed by atoms with Crippen molar-refractivity contribution in [3.63, 3.8) is 0 Å². The van der Waals surface area contributed by atoms with Crippen LogP contribution in [0.1, 0.15) is 32.3 Å². The van der Waals surface area contributed by atoms with Crippen molar-refractivity contribution in [2.24, 2.45) is 0 Å². The molecule has 0 unspecified atom stereocenters. The summed E-state index contributed by atoms with van der Waals surface area (Å²) in [6, 6.07) is 4.63. The Hall–Kier alpha value is -1.91. The van der Waals surface area contributed by atoms with Crippen LogP contribution < -0.4 is 10.2 Å². The number of carbonyl (C=O) groups is 2. The van der Waals surface area contributed by atoms with Gasteiger partial charge in [0.25, 0.3) is 5.91 Å². The monoisotopic (exact) mass is 278 g/mol. The summed E-state index contributed by atoms with van der Waals surface area (Å²) in [6.45, 7) is 5.29. The number of rotatable bonds is 3. The van der Waals surface area contributed by atoms with Crippen LogP contribution in [0.2, 0.25) is 0 Å². The third-order valence-electron chi connectivity index (χ3n) is 4.00. The van der Waals surface area contributed by atoms with Gasteiger partial charge >= 0.3 is 0 Å². The highest BCUT2D eigenvalue weighted by molar-refractivity contribution is 6.09. The number of anilines is 1. The maximum atomic E-state index is 14.1. The molecular formula is C15H19FN2O2. The summed E-state index contributed by atoms with van der Waals surface area (Å²) in [5, 5.41) is 2.77. The van der Waals surface area contributed by atoms with E-state index in [1.807, 2.05) is 13.8 Å². The highest BCUT2D eigenvalue weighted by Gasteiger charge is 2.45. The lowest BCUT2D eigenvalue weighted by atomic mass is 9.88. The zero-order valence-corrected chi connectivity index (χ0v) is 12.0. The maximum Gasteiger partial charge on any atom is 0.253 e. The van der Waals surface area contributed by atoms with Crippen molar-refractivity contribution in [2.75, 3.05) is 11.4 Å². The van der Waals surface area contributed by atoms with Crippen molar-refractivity contribution in [3.8, 4) is 0 Å². The molecule has 1 fully saturated rings. The number of amides is 2.